The molecule has 3 nitrogen and oxygen atoms in total. The van der Waals surface area contributed by atoms with Crippen LogP contribution in [0.1, 0.15) is 0 Å². The second-order valence-corrected chi connectivity index (χ2v) is 4.07. The molecule has 1 aromatic rings. The number of rotatable bonds is 1. The summed E-state index contributed by atoms with van der Waals surface area (Å²) in [5, 5.41) is 0.682. The predicted octanol–water partition coefficient (Wildman–Crippen LogP) is 0.0911. The highest BCUT2D eigenvalue weighted by Gasteiger charge is 1.98. The van der Waals surface area contributed by atoms with Crippen LogP contribution in [0.25, 0.3) is 0 Å². The van der Waals surface area contributed by atoms with E-state index < -0.39 is 10.1 Å². The van der Waals surface area contributed by atoms with Crippen molar-refractivity contribution in [3.63, 3.8) is 0 Å². The van der Waals surface area contributed by atoms with Crippen LogP contribution in [0, 0.1) is 0 Å². The Morgan fingerprint density at radius 1 is 1.36 bits per heavy atom. The lowest BCUT2D eigenvalue weighted by Crippen LogP contribution is -2.01. The monoisotopic (exact) mass is 189 g/mol. The van der Waals surface area contributed by atoms with Gasteiger partial charge in [0.1, 0.15) is 10.1 Å². The standard InChI is InChI=1S/C6H7O3PS/c7-11(8,9)6-3-1-2-5(10)4-6/h1-4H,10H2,(H,7,8,9)/p-1. The van der Waals surface area contributed by atoms with Gasteiger partial charge in [-0.1, -0.05) is 12.1 Å². The topological polar surface area (TPSA) is 57.2 Å². The van der Waals surface area contributed by atoms with E-state index in [1.54, 1.807) is 6.07 Å². The van der Waals surface area contributed by atoms with Crippen molar-refractivity contribution in [3.05, 3.63) is 24.3 Å². The Bertz CT molecular complexity index is 358. The van der Waals surface area contributed by atoms with Crippen LogP contribution >= 0.6 is 9.24 Å². The molecule has 0 fully saturated rings. The average molecular weight is 189 g/mol. The molecule has 60 valence electrons. The van der Waals surface area contributed by atoms with Gasteiger partial charge in [-0.3, -0.25) is 0 Å². The zero-order chi connectivity index (χ0) is 8.48. The molecule has 0 bridgehead atoms. The molecule has 1 unspecified atom stereocenters. The minimum absolute atomic E-state index is 0.190. The summed E-state index contributed by atoms with van der Waals surface area (Å²) in [6.45, 7) is 0. The lowest BCUT2D eigenvalue weighted by molar-refractivity contribution is 0.463. The highest BCUT2D eigenvalue weighted by molar-refractivity contribution is 7.85. The third kappa shape index (κ3) is 2.26. The third-order valence-electron chi connectivity index (χ3n) is 1.15. The first kappa shape index (κ1) is 8.65. The fraction of sp³-hybridized carbons (Fsp3) is 0. The summed E-state index contributed by atoms with van der Waals surface area (Å²) >= 11 is 0. The molecule has 0 saturated carbocycles. The van der Waals surface area contributed by atoms with Gasteiger partial charge < -0.3 is 4.55 Å². The Hall–Kier alpha value is -0.440. The Morgan fingerprint density at radius 2 is 2.00 bits per heavy atom. The largest absolute Gasteiger partial charge is 0.744 e. The Morgan fingerprint density at radius 3 is 2.36 bits per heavy atom. The maximum Gasteiger partial charge on any atom is 0.124 e. The van der Waals surface area contributed by atoms with E-state index in [1.165, 1.54) is 18.2 Å². The normalized spacial score (nSPS) is 11.5. The lowest BCUT2D eigenvalue weighted by Gasteiger charge is -2.06. The summed E-state index contributed by atoms with van der Waals surface area (Å²) in [6, 6.07) is 5.80. The van der Waals surface area contributed by atoms with Crippen LogP contribution in [0.15, 0.2) is 29.2 Å². The van der Waals surface area contributed by atoms with Crippen LogP contribution in [0.2, 0.25) is 0 Å². The summed E-state index contributed by atoms with van der Waals surface area (Å²) < 4.78 is 31.3. The molecular formula is C6H6O3PS-. The molecule has 1 rings (SSSR count). The van der Waals surface area contributed by atoms with Crippen LogP contribution in [-0.2, 0) is 10.1 Å². The molecule has 0 aliphatic heterocycles. The average Bonchev–Trinajstić information content (AvgIpc) is 1.86. The molecule has 0 radical (unpaired) electrons. The van der Waals surface area contributed by atoms with Crippen LogP contribution < -0.4 is 5.30 Å². The van der Waals surface area contributed by atoms with Crippen LogP contribution in [0.5, 0.6) is 0 Å². The number of hydrogen-bond acceptors (Lipinski definition) is 3. The SMILES string of the molecule is O=S(=O)([O-])c1cccc(P)c1. The van der Waals surface area contributed by atoms with Crippen LogP contribution in [-0.4, -0.2) is 13.0 Å². The maximum atomic E-state index is 10.4. The van der Waals surface area contributed by atoms with Crippen molar-refractivity contribution in [2.75, 3.05) is 0 Å². The van der Waals surface area contributed by atoms with Crippen molar-refractivity contribution in [2.24, 2.45) is 0 Å². The van der Waals surface area contributed by atoms with Crippen molar-refractivity contribution in [1.82, 2.24) is 0 Å². The summed E-state index contributed by atoms with van der Waals surface area (Å²) in [4.78, 5) is -0.190. The lowest BCUT2D eigenvalue weighted by atomic mass is 10.4. The van der Waals surface area contributed by atoms with Crippen molar-refractivity contribution >= 4 is 24.7 Å². The minimum atomic E-state index is -4.29. The second-order valence-electron chi connectivity index (χ2n) is 2.03. The minimum Gasteiger partial charge on any atom is -0.744 e. The van der Waals surface area contributed by atoms with E-state index in [0.29, 0.717) is 5.30 Å². The van der Waals surface area contributed by atoms with Crippen molar-refractivity contribution in [3.8, 4) is 0 Å². The van der Waals surface area contributed by atoms with Gasteiger partial charge in [0.25, 0.3) is 0 Å². The van der Waals surface area contributed by atoms with E-state index in [0.717, 1.165) is 0 Å². The summed E-state index contributed by atoms with van der Waals surface area (Å²) in [7, 11) is -1.97. The van der Waals surface area contributed by atoms with Gasteiger partial charge in [-0.05, 0) is 17.4 Å². The third-order valence-corrected chi connectivity index (χ3v) is 2.34. The molecule has 11 heavy (non-hydrogen) atoms. The quantitative estimate of drug-likeness (QED) is 0.464. The highest BCUT2D eigenvalue weighted by atomic mass is 32.2. The molecule has 0 aliphatic rings. The van der Waals surface area contributed by atoms with Crippen molar-refractivity contribution in [2.45, 2.75) is 4.90 Å². The molecule has 0 aromatic heterocycles. The molecular weight excluding hydrogens is 183 g/mol. The molecule has 0 N–H and O–H groups in total. The fourth-order valence-electron chi connectivity index (χ4n) is 0.670. The summed E-state index contributed by atoms with van der Waals surface area (Å²) in [5.41, 5.74) is 0. The Labute approximate surface area is 67.4 Å². The molecule has 0 heterocycles. The van der Waals surface area contributed by atoms with Crippen LogP contribution in [0.3, 0.4) is 0 Å². The molecule has 5 heteroatoms. The molecule has 0 amide bonds. The second kappa shape index (κ2) is 2.89. The van der Waals surface area contributed by atoms with E-state index in [-0.39, 0.29) is 4.90 Å². The van der Waals surface area contributed by atoms with Gasteiger partial charge in [-0.2, -0.15) is 0 Å². The fourth-order valence-corrected chi connectivity index (χ4v) is 1.61. The van der Waals surface area contributed by atoms with Crippen molar-refractivity contribution in [1.29, 1.82) is 0 Å². The van der Waals surface area contributed by atoms with Gasteiger partial charge in [0, 0.05) is 0 Å². The zero-order valence-electron chi connectivity index (χ0n) is 5.52. The van der Waals surface area contributed by atoms with Gasteiger partial charge in [-0.15, -0.1) is 9.24 Å². The van der Waals surface area contributed by atoms with Gasteiger partial charge in [0.05, 0.1) is 4.90 Å². The Kier molecular flexibility index (Phi) is 2.28. The molecule has 0 saturated heterocycles. The van der Waals surface area contributed by atoms with E-state index in [9.17, 15) is 13.0 Å². The van der Waals surface area contributed by atoms with E-state index >= 15 is 0 Å². The maximum absolute atomic E-state index is 10.4. The molecule has 1 atom stereocenters. The van der Waals surface area contributed by atoms with Gasteiger partial charge in [0.15, 0.2) is 0 Å². The summed E-state index contributed by atoms with van der Waals surface area (Å²) in [5.74, 6) is 0. The first-order valence-electron chi connectivity index (χ1n) is 2.81. The van der Waals surface area contributed by atoms with Gasteiger partial charge in [-0.25, -0.2) is 8.42 Å². The van der Waals surface area contributed by atoms with Gasteiger partial charge >= 0.3 is 0 Å². The highest BCUT2D eigenvalue weighted by Crippen LogP contribution is 2.05. The number of benzene rings is 1. The van der Waals surface area contributed by atoms with E-state index in [4.69, 9.17) is 0 Å². The smallest absolute Gasteiger partial charge is 0.124 e. The number of hydrogen-bond donors (Lipinski definition) is 0. The molecule has 0 aliphatic carbocycles. The Balaban J connectivity index is 3.28. The molecule has 0 spiro atoms. The van der Waals surface area contributed by atoms with E-state index in [2.05, 4.69) is 9.24 Å². The first-order valence-corrected chi connectivity index (χ1v) is 4.80. The van der Waals surface area contributed by atoms with Gasteiger partial charge in [0.2, 0.25) is 0 Å². The molecule has 1 aromatic carbocycles. The van der Waals surface area contributed by atoms with E-state index in [1.807, 2.05) is 0 Å². The first-order chi connectivity index (χ1) is 5.00. The van der Waals surface area contributed by atoms with Crippen LogP contribution in [0.4, 0.5) is 0 Å². The summed E-state index contributed by atoms with van der Waals surface area (Å²) in [6.07, 6.45) is 0. The van der Waals surface area contributed by atoms with Crippen molar-refractivity contribution < 1.29 is 13.0 Å². The zero-order valence-corrected chi connectivity index (χ0v) is 7.49. The predicted molar refractivity (Wildman–Crippen MR) is 43.7 cm³/mol.